The van der Waals surface area contributed by atoms with Crippen LogP contribution in [0, 0.1) is 11.8 Å². The summed E-state index contributed by atoms with van der Waals surface area (Å²) in [5.41, 5.74) is 0. The highest BCUT2D eigenvalue weighted by atomic mass is 16.1. The van der Waals surface area contributed by atoms with Crippen molar-refractivity contribution in [2.75, 3.05) is 0 Å². The molecule has 1 saturated carbocycles. The largest absolute Gasteiger partial charge is 0.299 e. The summed E-state index contributed by atoms with van der Waals surface area (Å²) in [6.07, 6.45) is 13.8. The van der Waals surface area contributed by atoms with E-state index in [1.54, 1.807) is 0 Å². The quantitative estimate of drug-likeness (QED) is 0.625. The van der Waals surface area contributed by atoms with Crippen molar-refractivity contribution < 1.29 is 4.79 Å². The number of ketones is 1. The molecule has 0 aromatic carbocycles. The number of Topliss-reactive ketones (excluding diaryl/α,β-unsaturated/α-hetero) is 1. The molecule has 0 bridgehead atoms. The summed E-state index contributed by atoms with van der Waals surface area (Å²) in [5, 5.41) is 0. The van der Waals surface area contributed by atoms with Crippen LogP contribution in [0.25, 0.3) is 0 Å². The number of rotatable bonds is 3. The summed E-state index contributed by atoms with van der Waals surface area (Å²) in [4.78, 5) is 11.9. The van der Waals surface area contributed by atoms with Crippen molar-refractivity contribution in [2.45, 2.75) is 51.4 Å². The van der Waals surface area contributed by atoms with E-state index >= 15 is 0 Å². The van der Waals surface area contributed by atoms with Crippen LogP contribution < -0.4 is 0 Å². The fourth-order valence-electron chi connectivity index (χ4n) is 2.74. The molecule has 0 radical (unpaired) electrons. The van der Waals surface area contributed by atoms with E-state index < -0.39 is 0 Å². The van der Waals surface area contributed by atoms with Crippen LogP contribution in [0.4, 0.5) is 0 Å². The molecule has 1 heteroatoms. The fourth-order valence-corrected chi connectivity index (χ4v) is 2.74. The Balaban J connectivity index is 1.78. The van der Waals surface area contributed by atoms with Gasteiger partial charge in [0.15, 0.2) is 0 Å². The van der Waals surface area contributed by atoms with Crippen LogP contribution in [0.2, 0.25) is 0 Å². The number of carbonyl (C=O) groups is 1. The molecule has 2 aliphatic carbocycles. The van der Waals surface area contributed by atoms with E-state index in [2.05, 4.69) is 12.2 Å². The average molecular weight is 192 g/mol. The van der Waals surface area contributed by atoms with E-state index in [9.17, 15) is 4.79 Å². The molecular formula is C13H20O. The van der Waals surface area contributed by atoms with Crippen molar-refractivity contribution in [1.82, 2.24) is 0 Å². The molecule has 2 aliphatic rings. The molecule has 2 rings (SSSR count). The van der Waals surface area contributed by atoms with Gasteiger partial charge in [0.1, 0.15) is 5.78 Å². The van der Waals surface area contributed by atoms with Crippen LogP contribution in [0.5, 0.6) is 0 Å². The molecule has 14 heavy (non-hydrogen) atoms. The summed E-state index contributed by atoms with van der Waals surface area (Å²) in [6, 6.07) is 0. The monoisotopic (exact) mass is 192 g/mol. The van der Waals surface area contributed by atoms with Crippen molar-refractivity contribution >= 4 is 5.78 Å². The first-order chi connectivity index (χ1) is 6.86. The van der Waals surface area contributed by atoms with Gasteiger partial charge in [0.25, 0.3) is 0 Å². The Hall–Kier alpha value is -0.590. The molecule has 0 amide bonds. The SMILES string of the molecule is O=C(CC1CC=CCC1)C1CCCC1. The van der Waals surface area contributed by atoms with Gasteiger partial charge in [-0.05, 0) is 38.0 Å². The Morgan fingerprint density at radius 2 is 1.93 bits per heavy atom. The van der Waals surface area contributed by atoms with Gasteiger partial charge in [-0.2, -0.15) is 0 Å². The first-order valence-electron chi connectivity index (χ1n) is 6.04. The first-order valence-corrected chi connectivity index (χ1v) is 6.04. The summed E-state index contributed by atoms with van der Waals surface area (Å²) >= 11 is 0. The van der Waals surface area contributed by atoms with Crippen molar-refractivity contribution in [3.05, 3.63) is 12.2 Å². The van der Waals surface area contributed by atoms with Gasteiger partial charge in [-0.15, -0.1) is 0 Å². The molecule has 0 heterocycles. The summed E-state index contributed by atoms with van der Waals surface area (Å²) in [7, 11) is 0. The Labute approximate surface area is 86.6 Å². The lowest BCUT2D eigenvalue weighted by molar-refractivity contribution is -0.123. The van der Waals surface area contributed by atoms with Crippen molar-refractivity contribution in [1.29, 1.82) is 0 Å². The summed E-state index contributed by atoms with van der Waals surface area (Å²) in [5.74, 6) is 1.65. The van der Waals surface area contributed by atoms with Crippen LogP contribution in [0.15, 0.2) is 12.2 Å². The number of hydrogen-bond donors (Lipinski definition) is 0. The van der Waals surface area contributed by atoms with Gasteiger partial charge in [0, 0.05) is 12.3 Å². The van der Waals surface area contributed by atoms with Gasteiger partial charge in [-0.1, -0.05) is 25.0 Å². The molecule has 0 aromatic rings. The third kappa shape index (κ3) is 2.46. The highest BCUT2D eigenvalue weighted by Gasteiger charge is 2.24. The molecule has 1 nitrogen and oxygen atoms in total. The third-order valence-corrected chi connectivity index (χ3v) is 3.68. The van der Waals surface area contributed by atoms with Gasteiger partial charge in [-0.3, -0.25) is 4.79 Å². The second-order valence-electron chi connectivity index (χ2n) is 4.80. The normalized spacial score (nSPS) is 28.1. The van der Waals surface area contributed by atoms with E-state index in [1.807, 2.05) is 0 Å². The van der Waals surface area contributed by atoms with Gasteiger partial charge < -0.3 is 0 Å². The lowest BCUT2D eigenvalue weighted by atomic mass is 9.86. The Morgan fingerprint density at radius 3 is 2.57 bits per heavy atom. The van der Waals surface area contributed by atoms with Crippen LogP contribution in [-0.4, -0.2) is 5.78 Å². The Bertz CT molecular complexity index is 223. The second kappa shape index (κ2) is 4.77. The lowest BCUT2D eigenvalue weighted by Crippen LogP contribution is -2.16. The fraction of sp³-hybridized carbons (Fsp3) is 0.769. The van der Waals surface area contributed by atoms with Gasteiger partial charge in [0.2, 0.25) is 0 Å². The molecule has 1 unspecified atom stereocenters. The average Bonchev–Trinajstić information content (AvgIpc) is 2.72. The van der Waals surface area contributed by atoms with Gasteiger partial charge in [0.05, 0.1) is 0 Å². The molecule has 0 aromatic heterocycles. The predicted octanol–water partition coefficient (Wildman–Crippen LogP) is 3.49. The zero-order valence-corrected chi connectivity index (χ0v) is 8.87. The Kier molecular flexibility index (Phi) is 3.39. The zero-order valence-electron chi connectivity index (χ0n) is 8.87. The van der Waals surface area contributed by atoms with Gasteiger partial charge in [-0.25, -0.2) is 0 Å². The maximum Gasteiger partial charge on any atom is 0.136 e. The minimum absolute atomic E-state index is 0.431. The Morgan fingerprint density at radius 1 is 1.14 bits per heavy atom. The van der Waals surface area contributed by atoms with Crippen molar-refractivity contribution in [3.8, 4) is 0 Å². The summed E-state index contributed by atoms with van der Waals surface area (Å²) < 4.78 is 0. The molecule has 1 fully saturated rings. The highest BCUT2D eigenvalue weighted by Crippen LogP contribution is 2.30. The minimum atomic E-state index is 0.431. The maximum absolute atomic E-state index is 11.9. The molecule has 0 spiro atoms. The number of allylic oxidation sites excluding steroid dienone is 2. The van der Waals surface area contributed by atoms with Crippen LogP contribution in [0.3, 0.4) is 0 Å². The second-order valence-corrected chi connectivity index (χ2v) is 4.80. The van der Waals surface area contributed by atoms with Crippen molar-refractivity contribution in [2.24, 2.45) is 11.8 Å². The standard InChI is InChI=1S/C13H20O/c14-13(12-8-4-5-9-12)10-11-6-2-1-3-7-11/h1-2,11-12H,3-10H2. The van der Waals surface area contributed by atoms with Crippen LogP contribution >= 0.6 is 0 Å². The van der Waals surface area contributed by atoms with Crippen LogP contribution in [0.1, 0.15) is 51.4 Å². The van der Waals surface area contributed by atoms with Gasteiger partial charge >= 0.3 is 0 Å². The number of hydrogen-bond acceptors (Lipinski definition) is 1. The van der Waals surface area contributed by atoms with E-state index in [0.29, 0.717) is 17.6 Å². The molecule has 1 atom stereocenters. The lowest BCUT2D eigenvalue weighted by Gasteiger charge is -2.18. The topological polar surface area (TPSA) is 17.1 Å². The molecule has 78 valence electrons. The van der Waals surface area contributed by atoms with E-state index in [0.717, 1.165) is 12.8 Å². The van der Waals surface area contributed by atoms with E-state index in [4.69, 9.17) is 0 Å². The van der Waals surface area contributed by atoms with E-state index in [-0.39, 0.29) is 0 Å². The molecule has 0 N–H and O–H groups in total. The predicted molar refractivity (Wildman–Crippen MR) is 58.1 cm³/mol. The molecular weight excluding hydrogens is 172 g/mol. The minimum Gasteiger partial charge on any atom is -0.299 e. The van der Waals surface area contributed by atoms with Crippen LogP contribution in [-0.2, 0) is 4.79 Å². The highest BCUT2D eigenvalue weighted by molar-refractivity contribution is 5.81. The number of carbonyl (C=O) groups excluding carboxylic acids is 1. The van der Waals surface area contributed by atoms with Crippen molar-refractivity contribution in [3.63, 3.8) is 0 Å². The maximum atomic E-state index is 11.9. The van der Waals surface area contributed by atoms with E-state index in [1.165, 1.54) is 38.5 Å². The summed E-state index contributed by atoms with van der Waals surface area (Å²) in [6.45, 7) is 0. The zero-order chi connectivity index (χ0) is 9.80. The smallest absolute Gasteiger partial charge is 0.136 e. The third-order valence-electron chi connectivity index (χ3n) is 3.68. The first kappa shape index (κ1) is 9.95. The molecule has 0 saturated heterocycles. The molecule has 0 aliphatic heterocycles.